The summed E-state index contributed by atoms with van der Waals surface area (Å²) in [6.07, 6.45) is 1.12. The Morgan fingerprint density at radius 2 is 1.72 bits per heavy atom. The third kappa shape index (κ3) is 8.81. The van der Waals surface area contributed by atoms with Gasteiger partial charge in [-0.15, -0.1) is 6.58 Å². The number of amides is 4. The van der Waals surface area contributed by atoms with Crippen molar-refractivity contribution in [3.8, 4) is 11.5 Å². The van der Waals surface area contributed by atoms with Crippen molar-refractivity contribution < 1.29 is 29.0 Å². The molecule has 0 aliphatic carbocycles. The summed E-state index contributed by atoms with van der Waals surface area (Å²) in [4.78, 5) is 47.7. The number of phenols is 1. The van der Waals surface area contributed by atoms with Crippen molar-refractivity contribution in [2.24, 2.45) is 0 Å². The smallest absolute Gasteiger partial charge is 0.334 e. The van der Waals surface area contributed by atoms with Crippen molar-refractivity contribution in [2.45, 2.75) is 39.1 Å². The van der Waals surface area contributed by atoms with Crippen LogP contribution in [0.4, 0.5) is 4.79 Å². The van der Waals surface area contributed by atoms with Crippen molar-refractivity contribution in [3.63, 3.8) is 0 Å². The molecular weight excluding hydrogens is 636 g/mol. The molecule has 3 aliphatic rings. The zero-order chi connectivity index (χ0) is 34.2. The number of hydrogen-bond acceptors (Lipinski definition) is 8. The average molecular weight is 685 g/mol. The fraction of sp³-hybridized carbons (Fsp3) is 0.395. The van der Waals surface area contributed by atoms with E-state index in [2.05, 4.69) is 16.8 Å². The molecule has 3 aromatic rings. The maximum absolute atomic E-state index is 14.3. The van der Waals surface area contributed by atoms with Gasteiger partial charge in [-0.2, -0.15) is 0 Å². The van der Waals surface area contributed by atoms with Gasteiger partial charge in [-0.25, -0.2) is 14.8 Å². The van der Waals surface area contributed by atoms with E-state index >= 15 is 0 Å². The summed E-state index contributed by atoms with van der Waals surface area (Å²) in [7, 11) is 0. The number of morpholine rings is 1. The monoisotopic (exact) mass is 684 g/mol. The van der Waals surface area contributed by atoms with Crippen molar-refractivity contribution in [1.82, 2.24) is 30.0 Å². The van der Waals surface area contributed by atoms with Crippen LogP contribution in [-0.2, 0) is 33.8 Å². The summed E-state index contributed by atoms with van der Waals surface area (Å²) in [6, 6.07) is 22.7. The first-order valence-electron chi connectivity index (χ1n) is 16.8. The number of carbonyl (C=O) groups is 3. The van der Waals surface area contributed by atoms with Gasteiger partial charge >= 0.3 is 6.03 Å². The molecular formula is C38H48N6O6. The summed E-state index contributed by atoms with van der Waals surface area (Å²) in [6.45, 7) is 9.31. The zero-order valence-electron chi connectivity index (χ0n) is 27.7. The molecule has 0 spiro atoms. The molecule has 3 fully saturated rings. The highest BCUT2D eigenvalue weighted by Gasteiger charge is 2.51. The lowest BCUT2D eigenvalue weighted by atomic mass is 9.98. The quantitative estimate of drug-likeness (QED) is 0.279. The number of carbonyl (C=O) groups excluding carboxylic acids is 3. The minimum Gasteiger partial charge on any atom is -0.508 e. The molecule has 0 unspecified atom stereocenters. The number of ether oxygens (including phenoxy) is 2. The maximum Gasteiger partial charge on any atom is 0.334 e. The average Bonchev–Trinajstić information content (AvgIpc) is 3.11. The lowest BCUT2D eigenvalue weighted by Crippen LogP contribution is -2.76. The van der Waals surface area contributed by atoms with E-state index in [1.807, 2.05) is 54.6 Å². The molecule has 50 heavy (non-hydrogen) atoms. The van der Waals surface area contributed by atoms with E-state index in [0.29, 0.717) is 18.9 Å². The molecule has 2 N–H and O–H groups in total. The van der Waals surface area contributed by atoms with Crippen LogP contribution in [0, 0.1) is 0 Å². The Morgan fingerprint density at radius 1 is 0.980 bits per heavy atom. The molecule has 0 aromatic heterocycles. The van der Waals surface area contributed by atoms with Gasteiger partial charge in [0.05, 0.1) is 26.3 Å². The third-order valence-corrected chi connectivity index (χ3v) is 9.08. The van der Waals surface area contributed by atoms with Crippen LogP contribution in [0.2, 0.25) is 0 Å². The minimum absolute atomic E-state index is 0. The molecule has 3 saturated heterocycles. The predicted octanol–water partition coefficient (Wildman–Crippen LogP) is 3.48. The van der Waals surface area contributed by atoms with Crippen LogP contribution in [0.25, 0.3) is 0 Å². The molecule has 3 heterocycles. The second-order valence-corrected chi connectivity index (χ2v) is 12.5. The van der Waals surface area contributed by atoms with Gasteiger partial charge in [0.2, 0.25) is 11.8 Å². The largest absolute Gasteiger partial charge is 0.508 e. The van der Waals surface area contributed by atoms with Crippen LogP contribution >= 0.6 is 0 Å². The van der Waals surface area contributed by atoms with Crippen LogP contribution in [0.5, 0.6) is 11.5 Å². The van der Waals surface area contributed by atoms with Gasteiger partial charge in [-0.3, -0.25) is 14.5 Å². The molecule has 2 atom stereocenters. The van der Waals surface area contributed by atoms with Crippen LogP contribution in [0.3, 0.4) is 0 Å². The predicted molar refractivity (Wildman–Crippen MR) is 190 cm³/mol. The number of phenolic OH excluding ortho intramolecular Hbond substituents is 1. The highest BCUT2D eigenvalue weighted by molar-refractivity contribution is 5.91. The molecule has 6 rings (SSSR count). The van der Waals surface area contributed by atoms with E-state index in [1.165, 1.54) is 0 Å². The van der Waals surface area contributed by atoms with E-state index in [1.54, 1.807) is 50.2 Å². The van der Waals surface area contributed by atoms with E-state index in [9.17, 15) is 19.5 Å². The van der Waals surface area contributed by atoms with Crippen molar-refractivity contribution in [1.29, 1.82) is 0 Å². The Kier molecular flexibility index (Phi) is 12.5. The van der Waals surface area contributed by atoms with Gasteiger partial charge in [0, 0.05) is 45.7 Å². The van der Waals surface area contributed by atoms with E-state index in [-0.39, 0.29) is 63.6 Å². The summed E-state index contributed by atoms with van der Waals surface area (Å²) in [5.41, 5.74) is 2.60. The summed E-state index contributed by atoms with van der Waals surface area (Å²) in [5, 5.41) is 16.2. The summed E-state index contributed by atoms with van der Waals surface area (Å²) in [5.74, 6) is 0.370. The van der Waals surface area contributed by atoms with Gasteiger partial charge in [0.15, 0.2) is 0 Å². The normalized spacial score (nSPS) is 19.8. The fourth-order valence-electron chi connectivity index (χ4n) is 6.62. The number of aromatic hydroxyl groups is 1. The van der Waals surface area contributed by atoms with Gasteiger partial charge < -0.3 is 29.7 Å². The number of hydrazine groups is 1. The van der Waals surface area contributed by atoms with Gasteiger partial charge in [-0.1, -0.05) is 68.1 Å². The second kappa shape index (κ2) is 17.1. The first-order chi connectivity index (χ1) is 23.9. The van der Waals surface area contributed by atoms with E-state index < -0.39 is 12.2 Å². The molecule has 0 radical (unpaired) electrons. The fourth-order valence-corrected chi connectivity index (χ4v) is 6.62. The Morgan fingerprint density at radius 3 is 2.46 bits per heavy atom. The molecule has 0 saturated carbocycles. The van der Waals surface area contributed by atoms with Crippen LogP contribution in [0.15, 0.2) is 91.5 Å². The zero-order valence-corrected chi connectivity index (χ0v) is 27.7. The maximum atomic E-state index is 14.3. The number of benzene rings is 3. The molecule has 4 amide bonds. The number of piperazine rings is 1. The Labute approximate surface area is 294 Å². The number of urea groups is 1. The summed E-state index contributed by atoms with van der Waals surface area (Å²) < 4.78 is 11.5. The van der Waals surface area contributed by atoms with Crippen molar-refractivity contribution in [2.75, 3.05) is 59.1 Å². The molecule has 12 nitrogen and oxygen atoms in total. The SMILES string of the molecule is C.C=CCN1CC(=O)N2[C@@H](Cc3ccc(O)cc3)C(=O)N(Cc3cccc(OCCN4CCOCC4)c3)C[C@@H]2N1C(=O)NCc1ccccc1. The lowest BCUT2D eigenvalue weighted by Gasteiger charge is -2.55. The van der Waals surface area contributed by atoms with Crippen LogP contribution in [-0.4, -0.2) is 119 Å². The number of rotatable bonds is 12. The number of fused-ring (bicyclic) bond motifs is 1. The van der Waals surface area contributed by atoms with Gasteiger partial charge in [0.25, 0.3) is 0 Å². The van der Waals surface area contributed by atoms with Gasteiger partial charge in [-0.05, 0) is 41.0 Å². The van der Waals surface area contributed by atoms with Crippen molar-refractivity contribution in [3.05, 3.63) is 108 Å². The topological polar surface area (TPSA) is 118 Å². The molecule has 12 heteroatoms. The number of nitrogens with zero attached hydrogens (tertiary/aromatic N) is 5. The van der Waals surface area contributed by atoms with E-state index in [0.717, 1.165) is 49.5 Å². The lowest BCUT2D eigenvalue weighted by molar-refractivity contribution is -0.189. The van der Waals surface area contributed by atoms with Gasteiger partial charge in [0.1, 0.15) is 30.3 Å². The standard InChI is InChI=1S/C37H44N6O6.CH4/c1-2-15-41-27-35(45)42-33(23-28-11-13-31(44)14-12-28)36(46)40(26-34(42)43(41)37(47)38-24-29-7-4-3-5-8-29)25-30-9-6-10-32(22-30)49-21-18-39-16-19-48-20-17-39;/h2-14,22,33-34,44H,1,15-21,23-27H2,(H,38,47);1H4/t33-,34-;/m0./s1. The molecule has 3 aromatic carbocycles. The first kappa shape index (κ1) is 36.4. The highest BCUT2D eigenvalue weighted by atomic mass is 16.5. The first-order valence-corrected chi connectivity index (χ1v) is 16.8. The molecule has 266 valence electrons. The van der Waals surface area contributed by atoms with Crippen molar-refractivity contribution >= 4 is 17.8 Å². The molecule has 3 aliphatic heterocycles. The van der Waals surface area contributed by atoms with Crippen LogP contribution < -0.4 is 10.1 Å². The number of nitrogens with one attached hydrogen (secondary N) is 1. The minimum atomic E-state index is -0.862. The highest BCUT2D eigenvalue weighted by Crippen LogP contribution is 2.30. The summed E-state index contributed by atoms with van der Waals surface area (Å²) >= 11 is 0. The Hall–Kier alpha value is -4.91. The second-order valence-electron chi connectivity index (χ2n) is 12.5. The molecule has 0 bridgehead atoms. The van der Waals surface area contributed by atoms with E-state index in [4.69, 9.17) is 9.47 Å². The number of hydrogen-bond donors (Lipinski definition) is 2. The Balaban J connectivity index is 0.00000486. The van der Waals surface area contributed by atoms with Crippen LogP contribution in [0.1, 0.15) is 24.1 Å². The third-order valence-electron chi connectivity index (χ3n) is 9.08. The Bertz CT molecular complexity index is 1600.